The van der Waals surface area contributed by atoms with E-state index in [1.54, 1.807) is 6.08 Å². The van der Waals surface area contributed by atoms with Gasteiger partial charge in [-0.15, -0.1) is 0 Å². The molecule has 0 N–H and O–H groups in total. The predicted molar refractivity (Wildman–Crippen MR) is 30.3 cm³/mol. The van der Waals surface area contributed by atoms with E-state index in [1.165, 1.54) is 12.8 Å². The molecule has 0 aromatic carbocycles. The lowest BCUT2D eigenvalue weighted by Gasteiger charge is -1.95. The van der Waals surface area contributed by atoms with E-state index in [9.17, 15) is 4.79 Å². The molecule has 1 fully saturated rings. The Hall–Kier alpha value is -0.620. The molecule has 0 bridgehead atoms. The lowest BCUT2D eigenvalue weighted by atomic mass is 10.2. The zero-order valence-electron chi connectivity index (χ0n) is 4.92. The van der Waals surface area contributed by atoms with Crippen molar-refractivity contribution in [2.45, 2.75) is 25.8 Å². The van der Waals surface area contributed by atoms with E-state index < -0.39 is 0 Å². The maximum absolute atomic E-state index is 9.66. The molecular formula is C6H9NO. The van der Waals surface area contributed by atoms with Gasteiger partial charge < -0.3 is 0 Å². The number of hydrogen-bond donors (Lipinski definition) is 0. The first kappa shape index (κ1) is 5.52. The zero-order valence-corrected chi connectivity index (χ0v) is 4.92. The van der Waals surface area contributed by atoms with Gasteiger partial charge in [0.2, 0.25) is 6.08 Å². The van der Waals surface area contributed by atoms with Crippen LogP contribution in [-0.4, -0.2) is 12.1 Å². The van der Waals surface area contributed by atoms with Gasteiger partial charge in [-0.05, 0) is 25.7 Å². The second-order valence-corrected chi connectivity index (χ2v) is 2.30. The number of carbonyl (C=O) groups excluding carboxylic acids is 1. The third-order valence-electron chi connectivity index (χ3n) is 1.56. The average molecular weight is 111 g/mol. The molecule has 1 aliphatic carbocycles. The van der Waals surface area contributed by atoms with Gasteiger partial charge in [-0.1, -0.05) is 0 Å². The number of nitrogens with zero attached hydrogens (tertiary/aromatic N) is 1. The quantitative estimate of drug-likeness (QED) is 0.388. The molecule has 0 aliphatic heterocycles. The Bertz CT molecular complexity index is 122. The highest BCUT2D eigenvalue weighted by Gasteiger charge is 2.27. The number of isocyanates is 1. The molecule has 0 amide bonds. The zero-order chi connectivity index (χ0) is 5.98. The topological polar surface area (TPSA) is 29.4 Å². The first-order valence-corrected chi connectivity index (χ1v) is 2.91. The van der Waals surface area contributed by atoms with Gasteiger partial charge in [-0.2, -0.15) is 0 Å². The van der Waals surface area contributed by atoms with Crippen molar-refractivity contribution in [3.8, 4) is 0 Å². The molecule has 8 heavy (non-hydrogen) atoms. The second kappa shape index (κ2) is 2.10. The minimum Gasteiger partial charge on any atom is -0.211 e. The summed E-state index contributed by atoms with van der Waals surface area (Å²) < 4.78 is 0. The molecule has 0 aromatic heterocycles. The van der Waals surface area contributed by atoms with E-state index in [2.05, 4.69) is 4.99 Å². The molecule has 2 nitrogen and oxygen atoms in total. The molecule has 0 aromatic rings. The molecule has 0 heterocycles. The summed E-state index contributed by atoms with van der Waals surface area (Å²) in [4.78, 5) is 13.2. The normalized spacial score (nSPS) is 21.6. The summed E-state index contributed by atoms with van der Waals surface area (Å²) in [6.07, 6.45) is 4.05. The van der Waals surface area contributed by atoms with Crippen LogP contribution in [0.15, 0.2) is 4.99 Å². The van der Waals surface area contributed by atoms with Crippen LogP contribution in [0.25, 0.3) is 0 Å². The summed E-state index contributed by atoms with van der Waals surface area (Å²) in [6.45, 7) is 1.96. The van der Waals surface area contributed by atoms with Gasteiger partial charge in [0.15, 0.2) is 0 Å². The van der Waals surface area contributed by atoms with Gasteiger partial charge in [0.1, 0.15) is 0 Å². The maximum atomic E-state index is 9.66. The average Bonchev–Trinajstić information content (AvgIpc) is 2.45. The summed E-state index contributed by atoms with van der Waals surface area (Å²) in [5.74, 6) is 0.691. The largest absolute Gasteiger partial charge is 0.235 e. The van der Waals surface area contributed by atoms with Crippen molar-refractivity contribution >= 4 is 6.08 Å². The molecule has 2 heteroatoms. The Morgan fingerprint density at radius 1 is 1.75 bits per heavy atom. The minimum absolute atomic E-state index is 0.229. The van der Waals surface area contributed by atoms with Crippen LogP contribution < -0.4 is 0 Å². The van der Waals surface area contributed by atoms with Crippen molar-refractivity contribution < 1.29 is 4.79 Å². The molecule has 1 atom stereocenters. The highest BCUT2D eigenvalue weighted by atomic mass is 16.1. The van der Waals surface area contributed by atoms with Crippen LogP contribution in [0.5, 0.6) is 0 Å². The van der Waals surface area contributed by atoms with Crippen LogP contribution >= 0.6 is 0 Å². The predicted octanol–water partition coefficient (Wildman–Crippen LogP) is 1.12. The molecule has 1 saturated carbocycles. The van der Waals surface area contributed by atoms with Gasteiger partial charge in [0.05, 0.1) is 6.04 Å². The van der Waals surface area contributed by atoms with Crippen LogP contribution in [-0.2, 0) is 4.79 Å². The van der Waals surface area contributed by atoms with Crippen LogP contribution in [0.1, 0.15) is 19.8 Å². The van der Waals surface area contributed by atoms with E-state index in [4.69, 9.17) is 0 Å². The Morgan fingerprint density at radius 2 is 2.38 bits per heavy atom. The van der Waals surface area contributed by atoms with Crippen molar-refractivity contribution in [1.29, 1.82) is 0 Å². The lowest BCUT2D eigenvalue weighted by molar-refractivity contribution is 0.552. The van der Waals surface area contributed by atoms with Crippen LogP contribution in [0.3, 0.4) is 0 Å². The summed E-state index contributed by atoms with van der Waals surface area (Å²) in [5.41, 5.74) is 0. The fourth-order valence-electron chi connectivity index (χ4n) is 0.767. The molecule has 44 valence electrons. The monoisotopic (exact) mass is 111 g/mol. The van der Waals surface area contributed by atoms with Crippen molar-refractivity contribution in [2.24, 2.45) is 10.9 Å². The molecule has 1 aliphatic rings. The van der Waals surface area contributed by atoms with Crippen molar-refractivity contribution in [3.05, 3.63) is 0 Å². The highest BCUT2D eigenvalue weighted by Crippen LogP contribution is 2.33. The molecule has 1 unspecified atom stereocenters. The first-order valence-electron chi connectivity index (χ1n) is 2.91. The fraction of sp³-hybridized carbons (Fsp3) is 0.833. The fourth-order valence-corrected chi connectivity index (χ4v) is 0.767. The minimum atomic E-state index is 0.229. The van der Waals surface area contributed by atoms with E-state index in [0.29, 0.717) is 5.92 Å². The third kappa shape index (κ3) is 1.17. The SMILES string of the molecule is CC(N=C=O)C1CC1. The molecule has 0 spiro atoms. The maximum Gasteiger partial charge on any atom is 0.235 e. The first-order chi connectivity index (χ1) is 3.84. The second-order valence-electron chi connectivity index (χ2n) is 2.30. The summed E-state index contributed by atoms with van der Waals surface area (Å²) in [6, 6.07) is 0.229. The van der Waals surface area contributed by atoms with Gasteiger partial charge in [-0.25, -0.2) is 9.79 Å². The van der Waals surface area contributed by atoms with E-state index >= 15 is 0 Å². The molecule has 0 radical (unpaired) electrons. The van der Waals surface area contributed by atoms with Gasteiger partial charge in [0.25, 0.3) is 0 Å². The number of rotatable bonds is 2. The van der Waals surface area contributed by atoms with Crippen molar-refractivity contribution in [3.63, 3.8) is 0 Å². The van der Waals surface area contributed by atoms with E-state index in [1.807, 2.05) is 6.92 Å². The Kier molecular flexibility index (Phi) is 1.45. The van der Waals surface area contributed by atoms with Crippen LogP contribution in [0, 0.1) is 5.92 Å². The van der Waals surface area contributed by atoms with Crippen molar-refractivity contribution in [1.82, 2.24) is 0 Å². The third-order valence-corrected chi connectivity index (χ3v) is 1.56. The smallest absolute Gasteiger partial charge is 0.211 e. The Morgan fingerprint density at radius 3 is 2.75 bits per heavy atom. The van der Waals surface area contributed by atoms with E-state index in [-0.39, 0.29) is 6.04 Å². The van der Waals surface area contributed by atoms with Crippen molar-refractivity contribution in [2.75, 3.05) is 0 Å². The van der Waals surface area contributed by atoms with E-state index in [0.717, 1.165) is 0 Å². The van der Waals surface area contributed by atoms with Gasteiger partial charge in [0, 0.05) is 0 Å². The van der Waals surface area contributed by atoms with Gasteiger partial charge in [-0.3, -0.25) is 0 Å². The lowest BCUT2D eigenvalue weighted by Crippen LogP contribution is -1.98. The molecule has 0 saturated heterocycles. The Balaban J connectivity index is 2.32. The summed E-state index contributed by atoms with van der Waals surface area (Å²) in [5, 5.41) is 0. The standard InChI is InChI=1S/C6H9NO/c1-5(7-4-8)6-2-3-6/h5-6H,2-3H2,1H3. The Labute approximate surface area is 48.6 Å². The number of hydrogen-bond acceptors (Lipinski definition) is 2. The molecule has 1 rings (SSSR count). The number of aliphatic imine (C=N–C) groups is 1. The van der Waals surface area contributed by atoms with Gasteiger partial charge >= 0.3 is 0 Å². The molecular weight excluding hydrogens is 102 g/mol. The summed E-state index contributed by atoms with van der Waals surface area (Å²) in [7, 11) is 0. The van der Waals surface area contributed by atoms with Crippen LogP contribution in [0.4, 0.5) is 0 Å². The highest BCUT2D eigenvalue weighted by molar-refractivity contribution is 5.33. The summed E-state index contributed by atoms with van der Waals surface area (Å²) >= 11 is 0. The van der Waals surface area contributed by atoms with Crippen LogP contribution in [0.2, 0.25) is 0 Å².